The molecule has 2 rings (SSSR count). The van der Waals surface area contributed by atoms with Gasteiger partial charge in [0.1, 0.15) is 0 Å². The van der Waals surface area contributed by atoms with Gasteiger partial charge >= 0.3 is 0 Å². The van der Waals surface area contributed by atoms with E-state index in [1.54, 1.807) is 0 Å². The molecule has 0 saturated carbocycles. The molecule has 0 spiro atoms. The number of rotatable bonds is 2. The molecule has 0 bridgehead atoms. The topological polar surface area (TPSA) is 71.5 Å². The molecule has 0 unspecified atom stereocenters. The van der Waals surface area contributed by atoms with E-state index in [1.165, 1.54) is 0 Å². The lowest BCUT2D eigenvalue weighted by atomic mass is 10.0. The average molecular weight is 253 g/mol. The van der Waals surface area contributed by atoms with Crippen LogP contribution in [-0.2, 0) is 19.7 Å². The van der Waals surface area contributed by atoms with Gasteiger partial charge in [-0.2, -0.15) is 0 Å². The van der Waals surface area contributed by atoms with Gasteiger partial charge in [-0.05, 0) is 14.1 Å². The van der Waals surface area contributed by atoms with E-state index < -0.39 is 24.9 Å². The lowest BCUT2D eigenvalue weighted by Gasteiger charge is -2.46. The summed E-state index contributed by atoms with van der Waals surface area (Å²) >= 11 is 0. The summed E-state index contributed by atoms with van der Waals surface area (Å²) in [5.74, 6) is 0.0742. The van der Waals surface area contributed by atoms with Gasteiger partial charge in [-0.1, -0.05) is 0 Å². The van der Waals surface area contributed by atoms with E-state index in [0.717, 1.165) is 0 Å². The first-order valence-corrected chi connectivity index (χ1v) is 8.35. The van der Waals surface area contributed by atoms with Crippen LogP contribution in [0.4, 0.5) is 0 Å². The Balaban J connectivity index is 2.14. The van der Waals surface area contributed by atoms with Crippen molar-refractivity contribution in [2.24, 2.45) is 5.92 Å². The maximum absolute atomic E-state index is 11.6. The van der Waals surface area contributed by atoms with Crippen molar-refractivity contribution in [2.75, 3.05) is 31.4 Å². The first kappa shape index (κ1) is 11.3. The van der Waals surface area contributed by atoms with E-state index in [9.17, 15) is 16.8 Å². The molecule has 2 heterocycles. The zero-order valence-corrected chi connectivity index (χ0v) is 10.4. The van der Waals surface area contributed by atoms with Crippen molar-refractivity contribution in [1.82, 2.24) is 4.90 Å². The van der Waals surface area contributed by atoms with E-state index in [1.807, 2.05) is 19.0 Å². The zero-order valence-electron chi connectivity index (χ0n) is 8.75. The molecule has 2 aliphatic rings. The molecule has 0 aromatic rings. The van der Waals surface area contributed by atoms with Crippen molar-refractivity contribution >= 4 is 19.7 Å². The molecule has 0 aliphatic carbocycles. The van der Waals surface area contributed by atoms with E-state index in [2.05, 4.69) is 0 Å². The smallest absolute Gasteiger partial charge is 0.156 e. The Kier molecular flexibility index (Phi) is 2.40. The van der Waals surface area contributed by atoms with Crippen LogP contribution in [0.3, 0.4) is 0 Å². The Morgan fingerprint density at radius 2 is 1.53 bits per heavy atom. The summed E-state index contributed by atoms with van der Waals surface area (Å²) < 4.78 is 45.2. The van der Waals surface area contributed by atoms with Gasteiger partial charge in [0.15, 0.2) is 19.7 Å². The lowest BCUT2D eigenvalue weighted by molar-refractivity contribution is 0.248. The molecular weight excluding hydrogens is 238 g/mol. The number of sulfone groups is 2. The standard InChI is InChI=1S/C8H15NO4S2/c1-9(2)7-5-15(12,13)8(7)6-3-14(10,11)4-6/h6-8H,3-5H2,1-2H3/t7-,8-/m0/s1. The molecule has 7 heteroatoms. The highest BCUT2D eigenvalue weighted by Gasteiger charge is 2.55. The van der Waals surface area contributed by atoms with Gasteiger partial charge in [0.2, 0.25) is 0 Å². The highest BCUT2D eigenvalue weighted by Crippen LogP contribution is 2.36. The SMILES string of the molecule is CN(C)[C@H]1CS(=O)(=O)[C@H]1C1CS(=O)(=O)C1. The Labute approximate surface area is 90.3 Å². The van der Waals surface area contributed by atoms with E-state index in [0.29, 0.717) is 0 Å². The fraction of sp³-hybridized carbons (Fsp3) is 1.00. The molecular formula is C8H15NO4S2. The minimum Gasteiger partial charge on any atom is -0.304 e. The summed E-state index contributed by atoms with van der Waals surface area (Å²) in [6.45, 7) is 0. The third-order valence-corrected chi connectivity index (χ3v) is 7.47. The maximum atomic E-state index is 11.6. The average Bonchev–Trinajstić information content (AvgIpc) is 1.96. The molecule has 0 radical (unpaired) electrons. The van der Waals surface area contributed by atoms with Gasteiger partial charge in [0.05, 0.1) is 22.5 Å². The fourth-order valence-electron chi connectivity index (χ4n) is 2.40. The second kappa shape index (κ2) is 3.18. The van der Waals surface area contributed by atoms with Crippen LogP contribution in [0.25, 0.3) is 0 Å². The first-order valence-electron chi connectivity index (χ1n) is 4.81. The van der Waals surface area contributed by atoms with Crippen LogP contribution in [0, 0.1) is 5.92 Å². The number of hydrogen-bond donors (Lipinski definition) is 0. The van der Waals surface area contributed by atoms with Crippen LogP contribution < -0.4 is 0 Å². The van der Waals surface area contributed by atoms with Crippen molar-refractivity contribution < 1.29 is 16.8 Å². The Morgan fingerprint density at radius 3 is 1.87 bits per heavy atom. The third-order valence-electron chi connectivity index (χ3n) is 3.26. The fourth-order valence-corrected chi connectivity index (χ4v) is 6.71. The monoisotopic (exact) mass is 253 g/mol. The largest absolute Gasteiger partial charge is 0.304 e. The van der Waals surface area contributed by atoms with Gasteiger partial charge < -0.3 is 4.90 Å². The molecule has 2 atom stereocenters. The van der Waals surface area contributed by atoms with Crippen LogP contribution in [-0.4, -0.2) is 64.4 Å². The normalized spacial score (nSPS) is 38.3. The summed E-state index contributed by atoms with van der Waals surface area (Å²) in [5.41, 5.74) is 0. The summed E-state index contributed by atoms with van der Waals surface area (Å²) in [4.78, 5) is 1.87. The maximum Gasteiger partial charge on any atom is 0.156 e. The van der Waals surface area contributed by atoms with Crippen LogP contribution >= 0.6 is 0 Å². The van der Waals surface area contributed by atoms with E-state index in [-0.39, 0.29) is 29.2 Å². The van der Waals surface area contributed by atoms with Crippen LogP contribution in [0.2, 0.25) is 0 Å². The molecule has 0 aromatic heterocycles. The Morgan fingerprint density at radius 1 is 1.00 bits per heavy atom. The second-order valence-corrected chi connectivity index (χ2v) is 9.02. The molecule has 2 aliphatic heterocycles. The zero-order chi connectivity index (χ0) is 11.4. The Bertz CT molecular complexity index is 453. The molecule has 0 aromatic carbocycles. The first-order chi connectivity index (χ1) is 6.73. The summed E-state index contributed by atoms with van der Waals surface area (Å²) in [7, 11) is -2.30. The molecule has 2 saturated heterocycles. The van der Waals surface area contributed by atoms with Crippen LogP contribution in [0.15, 0.2) is 0 Å². The minimum atomic E-state index is -3.03. The molecule has 88 valence electrons. The van der Waals surface area contributed by atoms with Gasteiger partial charge in [0.25, 0.3) is 0 Å². The number of hydrogen-bond acceptors (Lipinski definition) is 5. The van der Waals surface area contributed by atoms with Crippen molar-refractivity contribution in [3.63, 3.8) is 0 Å². The van der Waals surface area contributed by atoms with Crippen molar-refractivity contribution in [3.8, 4) is 0 Å². The third kappa shape index (κ3) is 1.81. The molecule has 5 nitrogen and oxygen atoms in total. The predicted octanol–water partition coefficient (Wildman–Crippen LogP) is -1.24. The van der Waals surface area contributed by atoms with Gasteiger partial charge in [-0.25, -0.2) is 16.8 Å². The van der Waals surface area contributed by atoms with Crippen molar-refractivity contribution in [1.29, 1.82) is 0 Å². The summed E-state index contributed by atoms with van der Waals surface area (Å²) in [5, 5.41) is -0.462. The number of nitrogens with zero attached hydrogens (tertiary/aromatic N) is 1. The predicted molar refractivity (Wildman–Crippen MR) is 57.2 cm³/mol. The highest BCUT2D eigenvalue weighted by molar-refractivity contribution is 7.95. The summed E-state index contributed by atoms with van der Waals surface area (Å²) in [6.07, 6.45) is 0. The minimum absolute atomic E-state index is 0.00417. The Hall–Kier alpha value is -0.140. The van der Waals surface area contributed by atoms with Crippen molar-refractivity contribution in [2.45, 2.75) is 11.3 Å². The van der Waals surface area contributed by atoms with E-state index in [4.69, 9.17) is 0 Å². The molecule has 15 heavy (non-hydrogen) atoms. The van der Waals surface area contributed by atoms with Crippen molar-refractivity contribution in [3.05, 3.63) is 0 Å². The van der Waals surface area contributed by atoms with E-state index >= 15 is 0 Å². The quantitative estimate of drug-likeness (QED) is 0.615. The molecule has 0 amide bonds. The summed E-state index contributed by atoms with van der Waals surface area (Å²) in [6, 6.07) is -0.00417. The van der Waals surface area contributed by atoms with Gasteiger partial charge in [-0.3, -0.25) is 0 Å². The van der Waals surface area contributed by atoms with Gasteiger partial charge in [-0.15, -0.1) is 0 Å². The second-order valence-electron chi connectivity index (χ2n) is 4.66. The molecule has 2 fully saturated rings. The van der Waals surface area contributed by atoms with Crippen LogP contribution in [0.1, 0.15) is 0 Å². The lowest BCUT2D eigenvalue weighted by Crippen LogP contribution is -2.65. The highest BCUT2D eigenvalue weighted by atomic mass is 32.2. The van der Waals surface area contributed by atoms with Gasteiger partial charge in [0, 0.05) is 12.0 Å². The van der Waals surface area contributed by atoms with Crippen LogP contribution in [0.5, 0.6) is 0 Å². The molecule has 0 N–H and O–H groups in total.